The zero-order chi connectivity index (χ0) is 15.4. The maximum atomic E-state index is 13.0. The van der Waals surface area contributed by atoms with Crippen molar-refractivity contribution < 1.29 is 9.18 Å². The van der Waals surface area contributed by atoms with Crippen LogP contribution in [0.3, 0.4) is 0 Å². The lowest BCUT2D eigenvalue weighted by molar-refractivity contribution is -0.117. The Labute approximate surface area is 127 Å². The van der Waals surface area contributed by atoms with Gasteiger partial charge in [0.05, 0.1) is 17.8 Å². The molecular weight excluding hydrogens is 295 g/mol. The summed E-state index contributed by atoms with van der Waals surface area (Å²) >= 11 is 5.67. The molecule has 0 unspecified atom stereocenters. The SMILES string of the molecule is CN(CC(=O)Nc1ccc(F)c(Cl)c1)Cc1cnn(C)c1. The van der Waals surface area contributed by atoms with Gasteiger partial charge in [-0.15, -0.1) is 0 Å². The van der Waals surface area contributed by atoms with Crippen molar-refractivity contribution in [3.8, 4) is 0 Å². The Morgan fingerprint density at radius 3 is 2.90 bits per heavy atom. The Kier molecular flexibility index (Phi) is 4.93. The molecule has 7 heteroatoms. The van der Waals surface area contributed by atoms with Gasteiger partial charge in [-0.05, 0) is 25.2 Å². The van der Waals surface area contributed by atoms with Gasteiger partial charge in [-0.3, -0.25) is 14.4 Å². The molecule has 0 saturated carbocycles. The van der Waals surface area contributed by atoms with Crippen molar-refractivity contribution in [3.63, 3.8) is 0 Å². The first-order chi connectivity index (χ1) is 9.94. The molecule has 0 aliphatic carbocycles. The van der Waals surface area contributed by atoms with Gasteiger partial charge in [0.2, 0.25) is 5.91 Å². The van der Waals surface area contributed by atoms with Crippen LogP contribution in [0.25, 0.3) is 0 Å². The molecule has 1 heterocycles. The molecule has 0 atom stereocenters. The number of nitrogens with one attached hydrogen (secondary N) is 1. The highest BCUT2D eigenvalue weighted by Crippen LogP contribution is 2.19. The summed E-state index contributed by atoms with van der Waals surface area (Å²) in [5.41, 5.74) is 1.50. The highest BCUT2D eigenvalue weighted by molar-refractivity contribution is 6.31. The minimum atomic E-state index is -0.511. The number of likely N-dealkylation sites (N-methyl/N-ethyl adjacent to an activating group) is 1. The molecule has 1 aromatic heterocycles. The van der Waals surface area contributed by atoms with Gasteiger partial charge in [0.1, 0.15) is 5.82 Å². The van der Waals surface area contributed by atoms with E-state index in [4.69, 9.17) is 11.6 Å². The Bertz CT molecular complexity index is 644. The van der Waals surface area contributed by atoms with Crippen molar-refractivity contribution in [1.29, 1.82) is 0 Å². The molecule has 0 radical (unpaired) electrons. The predicted molar refractivity (Wildman–Crippen MR) is 79.6 cm³/mol. The summed E-state index contributed by atoms with van der Waals surface area (Å²) in [6, 6.07) is 4.08. The van der Waals surface area contributed by atoms with Gasteiger partial charge in [-0.25, -0.2) is 4.39 Å². The number of halogens is 2. The monoisotopic (exact) mass is 310 g/mol. The van der Waals surface area contributed by atoms with Crippen LogP contribution in [-0.4, -0.2) is 34.2 Å². The fourth-order valence-electron chi connectivity index (χ4n) is 1.94. The maximum absolute atomic E-state index is 13.0. The van der Waals surface area contributed by atoms with Crippen molar-refractivity contribution in [2.75, 3.05) is 18.9 Å². The Morgan fingerprint density at radius 2 is 2.29 bits per heavy atom. The summed E-state index contributed by atoms with van der Waals surface area (Å²) in [4.78, 5) is 13.8. The molecule has 2 rings (SSSR count). The number of nitrogens with zero attached hydrogens (tertiary/aromatic N) is 3. The summed E-state index contributed by atoms with van der Waals surface area (Å²) < 4.78 is 14.7. The van der Waals surface area contributed by atoms with Gasteiger partial charge in [0, 0.05) is 31.0 Å². The molecule has 1 amide bonds. The summed E-state index contributed by atoms with van der Waals surface area (Å²) in [7, 11) is 3.68. The van der Waals surface area contributed by atoms with Crippen molar-refractivity contribution in [2.24, 2.45) is 7.05 Å². The molecule has 0 bridgehead atoms. The number of aromatic nitrogens is 2. The number of carbonyl (C=O) groups is 1. The van der Waals surface area contributed by atoms with Crippen LogP contribution in [0, 0.1) is 5.82 Å². The zero-order valence-electron chi connectivity index (χ0n) is 11.8. The molecule has 0 spiro atoms. The van der Waals surface area contributed by atoms with Crippen LogP contribution >= 0.6 is 11.6 Å². The molecule has 2 aromatic rings. The fourth-order valence-corrected chi connectivity index (χ4v) is 2.12. The molecule has 0 saturated heterocycles. The minimum absolute atomic E-state index is 0.0171. The molecule has 112 valence electrons. The molecule has 1 aromatic carbocycles. The second kappa shape index (κ2) is 6.69. The van der Waals surface area contributed by atoms with Crippen molar-refractivity contribution in [1.82, 2.24) is 14.7 Å². The van der Waals surface area contributed by atoms with E-state index in [2.05, 4.69) is 10.4 Å². The molecular formula is C14H16ClFN4O. The van der Waals surface area contributed by atoms with E-state index in [0.29, 0.717) is 12.2 Å². The number of benzene rings is 1. The number of amides is 1. The van der Waals surface area contributed by atoms with E-state index in [1.165, 1.54) is 18.2 Å². The highest BCUT2D eigenvalue weighted by atomic mass is 35.5. The first kappa shape index (κ1) is 15.5. The van der Waals surface area contributed by atoms with Crippen molar-refractivity contribution >= 4 is 23.2 Å². The maximum Gasteiger partial charge on any atom is 0.238 e. The average molecular weight is 311 g/mol. The van der Waals surface area contributed by atoms with Gasteiger partial charge in [-0.1, -0.05) is 11.6 Å². The largest absolute Gasteiger partial charge is 0.325 e. The van der Waals surface area contributed by atoms with E-state index >= 15 is 0 Å². The number of hydrogen-bond acceptors (Lipinski definition) is 3. The van der Waals surface area contributed by atoms with Gasteiger partial charge in [-0.2, -0.15) is 5.10 Å². The molecule has 1 N–H and O–H groups in total. The first-order valence-corrected chi connectivity index (χ1v) is 6.73. The van der Waals surface area contributed by atoms with E-state index in [1.807, 2.05) is 25.2 Å². The number of hydrogen-bond donors (Lipinski definition) is 1. The summed E-state index contributed by atoms with van der Waals surface area (Å²) in [6.07, 6.45) is 3.66. The lowest BCUT2D eigenvalue weighted by Crippen LogP contribution is -2.29. The topological polar surface area (TPSA) is 50.2 Å². The van der Waals surface area contributed by atoms with Crippen LogP contribution in [-0.2, 0) is 18.4 Å². The van der Waals surface area contributed by atoms with Gasteiger partial charge >= 0.3 is 0 Å². The molecule has 0 fully saturated rings. The van der Waals surface area contributed by atoms with Crippen LogP contribution in [0.5, 0.6) is 0 Å². The van der Waals surface area contributed by atoms with Gasteiger partial charge in [0.15, 0.2) is 0 Å². The molecule has 0 aliphatic rings. The van der Waals surface area contributed by atoms with Crippen molar-refractivity contribution in [3.05, 3.63) is 47.0 Å². The van der Waals surface area contributed by atoms with Crippen LogP contribution in [0.15, 0.2) is 30.6 Å². The van der Waals surface area contributed by atoms with E-state index in [9.17, 15) is 9.18 Å². The second-order valence-corrected chi connectivity index (χ2v) is 5.28. The third kappa shape index (κ3) is 4.54. The van der Waals surface area contributed by atoms with Gasteiger partial charge in [0.25, 0.3) is 0 Å². The number of rotatable bonds is 5. The van der Waals surface area contributed by atoms with Gasteiger partial charge < -0.3 is 5.32 Å². The Balaban J connectivity index is 1.87. The quantitative estimate of drug-likeness (QED) is 0.922. The smallest absolute Gasteiger partial charge is 0.238 e. The fraction of sp³-hybridized carbons (Fsp3) is 0.286. The predicted octanol–water partition coefficient (Wildman–Crippen LogP) is 2.28. The molecule has 5 nitrogen and oxygen atoms in total. The first-order valence-electron chi connectivity index (χ1n) is 6.35. The van der Waals surface area contributed by atoms with E-state index in [1.54, 1.807) is 10.9 Å². The standard InChI is InChI=1S/C14H16ClFN4O/c1-19(7-10-6-17-20(2)8-10)9-14(21)18-11-3-4-13(16)12(15)5-11/h3-6,8H,7,9H2,1-2H3,(H,18,21). The summed E-state index contributed by atoms with van der Waals surface area (Å²) in [6.45, 7) is 0.829. The lowest BCUT2D eigenvalue weighted by Gasteiger charge is -2.15. The third-order valence-corrected chi connectivity index (χ3v) is 3.12. The number of aryl methyl sites for hydroxylation is 1. The molecule has 0 aliphatic heterocycles. The average Bonchev–Trinajstić information content (AvgIpc) is 2.79. The van der Waals surface area contributed by atoms with E-state index in [-0.39, 0.29) is 17.5 Å². The van der Waals surface area contributed by atoms with E-state index < -0.39 is 5.82 Å². The minimum Gasteiger partial charge on any atom is -0.325 e. The zero-order valence-corrected chi connectivity index (χ0v) is 12.6. The third-order valence-electron chi connectivity index (χ3n) is 2.83. The normalized spacial score (nSPS) is 10.9. The summed E-state index contributed by atoms with van der Waals surface area (Å²) in [5, 5.41) is 6.74. The number of carbonyl (C=O) groups excluding carboxylic acids is 1. The molecule has 21 heavy (non-hydrogen) atoms. The van der Waals surface area contributed by atoms with Crippen molar-refractivity contribution in [2.45, 2.75) is 6.54 Å². The van der Waals surface area contributed by atoms with E-state index in [0.717, 1.165) is 5.56 Å². The Hall–Kier alpha value is -1.92. The van der Waals surface area contributed by atoms with Crippen LogP contribution < -0.4 is 5.32 Å². The van der Waals surface area contributed by atoms with Crippen LogP contribution in [0.4, 0.5) is 10.1 Å². The summed E-state index contributed by atoms with van der Waals surface area (Å²) in [5.74, 6) is -0.701. The highest BCUT2D eigenvalue weighted by Gasteiger charge is 2.09. The lowest BCUT2D eigenvalue weighted by atomic mass is 10.3. The van der Waals surface area contributed by atoms with Crippen LogP contribution in [0.2, 0.25) is 5.02 Å². The Morgan fingerprint density at radius 1 is 1.52 bits per heavy atom. The second-order valence-electron chi connectivity index (χ2n) is 4.87. The van der Waals surface area contributed by atoms with Crippen LogP contribution in [0.1, 0.15) is 5.56 Å². The number of anilines is 1.